The van der Waals surface area contributed by atoms with Crippen molar-refractivity contribution in [2.24, 2.45) is 4.99 Å². The fourth-order valence-electron chi connectivity index (χ4n) is 2.34. The van der Waals surface area contributed by atoms with Gasteiger partial charge in [-0.15, -0.1) is 24.0 Å². The smallest absolute Gasteiger partial charge is 0.246 e. The zero-order valence-electron chi connectivity index (χ0n) is 16.8. The van der Waals surface area contributed by atoms with Gasteiger partial charge in [0.15, 0.2) is 35.0 Å². The molecule has 6 nitrogen and oxygen atoms in total. The number of carbonyl (C=O) groups is 1. The predicted octanol–water partition coefficient (Wildman–Crippen LogP) is 3.82. The molecule has 0 aliphatic heterocycles. The van der Waals surface area contributed by atoms with Crippen molar-refractivity contribution in [1.82, 2.24) is 10.6 Å². The van der Waals surface area contributed by atoms with Gasteiger partial charge in [0.1, 0.15) is 12.6 Å². The molecule has 0 saturated heterocycles. The molecule has 11 heteroatoms. The van der Waals surface area contributed by atoms with Crippen LogP contribution in [0.15, 0.2) is 41.4 Å². The van der Waals surface area contributed by atoms with E-state index in [9.17, 15) is 22.4 Å². The van der Waals surface area contributed by atoms with Gasteiger partial charge < -0.3 is 20.7 Å². The molecular weight excluding hydrogens is 531 g/mol. The van der Waals surface area contributed by atoms with Crippen LogP contribution in [0.25, 0.3) is 0 Å². The second-order valence-electron chi connectivity index (χ2n) is 6.21. The minimum absolute atomic E-state index is 0. The molecule has 0 aliphatic rings. The van der Waals surface area contributed by atoms with Gasteiger partial charge in [-0.1, -0.05) is 12.1 Å². The number of benzene rings is 2. The Morgan fingerprint density at radius 2 is 1.74 bits per heavy atom. The van der Waals surface area contributed by atoms with Gasteiger partial charge in [-0.05, 0) is 38.1 Å². The number of carbonyl (C=O) groups excluding carboxylic acids is 1. The van der Waals surface area contributed by atoms with E-state index >= 15 is 0 Å². The summed E-state index contributed by atoms with van der Waals surface area (Å²) in [7, 11) is 0. The van der Waals surface area contributed by atoms with E-state index in [1.165, 1.54) is 12.1 Å². The minimum atomic E-state index is -1.67. The van der Waals surface area contributed by atoms with Crippen LogP contribution < -0.4 is 20.7 Å². The van der Waals surface area contributed by atoms with E-state index in [1.807, 2.05) is 6.92 Å². The number of ether oxygens (including phenoxy) is 1. The molecule has 0 heterocycles. The van der Waals surface area contributed by atoms with E-state index in [-0.39, 0.29) is 42.2 Å². The van der Waals surface area contributed by atoms with Crippen LogP contribution >= 0.6 is 24.0 Å². The normalized spacial score (nSPS) is 11.9. The van der Waals surface area contributed by atoms with Crippen molar-refractivity contribution in [2.45, 2.75) is 20.0 Å². The molecule has 0 aromatic heterocycles. The molecule has 2 aromatic carbocycles. The largest absolute Gasteiger partial charge is 0.486 e. The van der Waals surface area contributed by atoms with Crippen LogP contribution in [0.5, 0.6) is 5.75 Å². The Morgan fingerprint density at radius 1 is 1.03 bits per heavy atom. The van der Waals surface area contributed by atoms with Gasteiger partial charge in [0.2, 0.25) is 5.91 Å². The summed E-state index contributed by atoms with van der Waals surface area (Å²) in [5, 5.41) is 7.97. The summed E-state index contributed by atoms with van der Waals surface area (Å²) >= 11 is 0. The molecule has 2 aromatic rings. The van der Waals surface area contributed by atoms with Crippen LogP contribution in [0.4, 0.5) is 23.2 Å². The highest BCUT2D eigenvalue weighted by atomic mass is 127. The molecule has 1 unspecified atom stereocenters. The molecule has 0 radical (unpaired) electrons. The number of halogens is 5. The average molecular weight is 554 g/mol. The monoisotopic (exact) mass is 554 g/mol. The van der Waals surface area contributed by atoms with Crippen molar-refractivity contribution < 1.29 is 27.1 Å². The molecule has 0 fully saturated rings. The van der Waals surface area contributed by atoms with Gasteiger partial charge in [-0.3, -0.25) is 4.79 Å². The zero-order valence-corrected chi connectivity index (χ0v) is 19.2. The Bertz CT molecular complexity index is 915. The van der Waals surface area contributed by atoms with Crippen LogP contribution in [-0.4, -0.2) is 37.6 Å². The van der Waals surface area contributed by atoms with Gasteiger partial charge in [0, 0.05) is 6.54 Å². The van der Waals surface area contributed by atoms with Gasteiger partial charge in [-0.25, -0.2) is 22.6 Å². The van der Waals surface area contributed by atoms with Crippen molar-refractivity contribution in [3.8, 4) is 5.75 Å². The fraction of sp³-hybridized carbons (Fsp3) is 0.300. The molecular formula is C20H23F4IN4O2. The number of hydrogen-bond donors (Lipinski definition) is 3. The third kappa shape index (κ3) is 8.23. The standard InChI is InChI=1S/C20H22F4N4O2.HI/c1-3-25-20(26-10-12(2)30-16-7-5-4-6-13(16)21)27-11-17(29)28-15-9-8-14(22)18(23)19(15)24;/h4-9,12H,3,10-11H2,1-2H3,(H,28,29)(H2,25,26,27);1H. The van der Waals surface area contributed by atoms with Crippen LogP contribution in [0, 0.1) is 23.3 Å². The highest BCUT2D eigenvalue weighted by molar-refractivity contribution is 14.0. The van der Waals surface area contributed by atoms with E-state index < -0.39 is 47.5 Å². The summed E-state index contributed by atoms with van der Waals surface area (Å²) in [6.07, 6.45) is -0.420. The van der Waals surface area contributed by atoms with Crippen LogP contribution in [0.2, 0.25) is 0 Å². The summed E-state index contributed by atoms with van der Waals surface area (Å²) < 4.78 is 58.9. The zero-order chi connectivity index (χ0) is 22.1. The number of rotatable bonds is 8. The molecule has 1 amide bonds. The van der Waals surface area contributed by atoms with Gasteiger partial charge in [-0.2, -0.15) is 0 Å². The maximum atomic E-state index is 13.6. The molecule has 170 valence electrons. The quantitative estimate of drug-likeness (QED) is 0.153. The summed E-state index contributed by atoms with van der Waals surface area (Å²) in [5.74, 6) is -5.34. The van der Waals surface area contributed by atoms with Gasteiger partial charge in [0.05, 0.1) is 12.2 Å². The lowest BCUT2D eigenvalue weighted by Gasteiger charge is -2.18. The molecule has 31 heavy (non-hydrogen) atoms. The van der Waals surface area contributed by atoms with E-state index in [0.29, 0.717) is 12.6 Å². The Hall–Kier alpha value is -2.57. The van der Waals surface area contributed by atoms with Gasteiger partial charge in [0.25, 0.3) is 0 Å². The Labute approximate surface area is 194 Å². The maximum absolute atomic E-state index is 13.6. The summed E-state index contributed by atoms with van der Waals surface area (Å²) in [5.41, 5.74) is -0.487. The number of para-hydroxylation sites is 1. The first-order valence-corrected chi connectivity index (χ1v) is 9.18. The fourth-order valence-corrected chi connectivity index (χ4v) is 2.34. The Balaban J connectivity index is 0.00000480. The first-order chi connectivity index (χ1) is 14.3. The molecule has 0 saturated carbocycles. The molecule has 0 bridgehead atoms. The molecule has 3 N–H and O–H groups in total. The first kappa shape index (κ1) is 26.5. The van der Waals surface area contributed by atoms with Crippen molar-refractivity contribution in [3.63, 3.8) is 0 Å². The van der Waals surface area contributed by atoms with Crippen molar-refractivity contribution in [2.75, 3.05) is 25.0 Å². The van der Waals surface area contributed by atoms with Crippen molar-refractivity contribution in [1.29, 1.82) is 0 Å². The number of guanidine groups is 1. The summed E-state index contributed by atoms with van der Waals surface area (Å²) in [6, 6.07) is 7.62. The number of hydrogen-bond acceptors (Lipinski definition) is 3. The highest BCUT2D eigenvalue weighted by Gasteiger charge is 2.15. The Morgan fingerprint density at radius 3 is 2.42 bits per heavy atom. The number of nitrogens with one attached hydrogen (secondary N) is 3. The van der Waals surface area contributed by atoms with E-state index in [0.717, 1.165) is 6.07 Å². The van der Waals surface area contributed by atoms with Crippen LogP contribution in [-0.2, 0) is 4.79 Å². The SMILES string of the molecule is CCNC(=NCC(=O)Nc1ccc(F)c(F)c1F)NCC(C)Oc1ccccc1F.I. The average Bonchev–Trinajstić information content (AvgIpc) is 2.72. The summed E-state index contributed by atoms with van der Waals surface area (Å²) in [4.78, 5) is 16.0. The van der Waals surface area contributed by atoms with E-state index in [1.54, 1.807) is 19.1 Å². The second-order valence-corrected chi connectivity index (χ2v) is 6.21. The van der Waals surface area contributed by atoms with E-state index in [2.05, 4.69) is 20.9 Å². The Kier molecular flexibility index (Phi) is 11.1. The molecule has 0 aliphatic carbocycles. The van der Waals surface area contributed by atoms with Gasteiger partial charge >= 0.3 is 0 Å². The number of aliphatic imine (C=N–C) groups is 1. The molecule has 2 rings (SSSR count). The minimum Gasteiger partial charge on any atom is -0.486 e. The van der Waals surface area contributed by atoms with Crippen molar-refractivity contribution >= 4 is 41.5 Å². The number of nitrogens with zero attached hydrogens (tertiary/aromatic N) is 1. The van der Waals surface area contributed by atoms with E-state index in [4.69, 9.17) is 4.74 Å². The highest BCUT2D eigenvalue weighted by Crippen LogP contribution is 2.19. The lowest BCUT2D eigenvalue weighted by Crippen LogP contribution is -2.42. The number of amides is 1. The molecule has 0 spiro atoms. The number of anilines is 1. The summed E-state index contributed by atoms with van der Waals surface area (Å²) in [6.45, 7) is 3.87. The topological polar surface area (TPSA) is 74.8 Å². The lowest BCUT2D eigenvalue weighted by atomic mass is 10.3. The lowest BCUT2D eigenvalue weighted by molar-refractivity contribution is -0.114. The second kappa shape index (κ2) is 13.0. The first-order valence-electron chi connectivity index (χ1n) is 9.18. The van der Waals surface area contributed by atoms with Crippen LogP contribution in [0.3, 0.4) is 0 Å². The van der Waals surface area contributed by atoms with Crippen molar-refractivity contribution in [3.05, 3.63) is 59.7 Å². The maximum Gasteiger partial charge on any atom is 0.246 e. The third-order valence-electron chi connectivity index (χ3n) is 3.76. The third-order valence-corrected chi connectivity index (χ3v) is 3.76. The predicted molar refractivity (Wildman–Crippen MR) is 121 cm³/mol. The molecule has 1 atom stereocenters. The van der Waals surface area contributed by atoms with Crippen LogP contribution in [0.1, 0.15) is 13.8 Å².